The van der Waals surface area contributed by atoms with Gasteiger partial charge in [-0.3, -0.25) is 25.5 Å². The molecule has 2 heterocycles. The van der Waals surface area contributed by atoms with Gasteiger partial charge in [0.15, 0.2) is 11.7 Å². The molecule has 2 aromatic heterocycles. The van der Waals surface area contributed by atoms with Crippen molar-refractivity contribution in [1.29, 1.82) is 0 Å². The summed E-state index contributed by atoms with van der Waals surface area (Å²) in [5, 5.41) is 7.72. The summed E-state index contributed by atoms with van der Waals surface area (Å²) in [7, 11) is 0. The molecule has 162 valence electrons. The fourth-order valence-corrected chi connectivity index (χ4v) is 3.41. The molecule has 0 fully saturated rings. The molecule has 0 spiro atoms. The third-order valence-corrected chi connectivity index (χ3v) is 5.07. The Balaban J connectivity index is 1.27. The molecular weight excluding hydrogens is 453 g/mol. The van der Waals surface area contributed by atoms with Gasteiger partial charge in [-0.2, -0.15) is 5.10 Å². The van der Waals surface area contributed by atoms with Gasteiger partial charge >= 0.3 is 0 Å². The molecule has 10 heteroatoms. The quantitative estimate of drug-likeness (QED) is 0.361. The lowest BCUT2D eigenvalue weighted by Crippen LogP contribution is -2.41. The first-order valence-corrected chi connectivity index (χ1v) is 10.4. The molecule has 2 aromatic carbocycles. The van der Waals surface area contributed by atoms with Crippen molar-refractivity contribution < 1.29 is 14.0 Å². The average molecular weight is 470 g/mol. The van der Waals surface area contributed by atoms with Crippen molar-refractivity contribution in [3.05, 3.63) is 82.4 Å². The first-order valence-electron chi connectivity index (χ1n) is 9.60. The minimum atomic E-state index is -0.510. The highest BCUT2D eigenvalue weighted by atomic mass is 35.5. The lowest BCUT2D eigenvalue weighted by atomic mass is 10.1. The fourth-order valence-electron chi connectivity index (χ4n) is 2.91. The molecule has 2 amide bonds. The number of hydrogen-bond acceptors (Lipinski definition) is 5. The number of benzene rings is 2. The predicted molar refractivity (Wildman–Crippen MR) is 120 cm³/mol. The number of nitrogens with zero attached hydrogens (tertiary/aromatic N) is 2. The van der Waals surface area contributed by atoms with Crippen LogP contribution < -0.4 is 10.9 Å². The normalized spacial score (nSPS) is 10.7. The second kappa shape index (κ2) is 9.67. The molecule has 0 aliphatic rings. The number of hydrogen-bond donors (Lipinski definition) is 3. The second-order valence-electron chi connectivity index (χ2n) is 6.78. The van der Waals surface area contributed by atoms with E-state index in [1.807, 2.05) is 30.3 Å². The van der Waals surface area contributed by atoms with Gasteiger partial charge in [0.1, 0.15) is 5.69 Å². The van der Waals surface area contributed by atoms with Gasteiger partial charge in [0, 0.05) is 29.0 Å². The summed E-state index contributed by atoms with van der Waals surface area (Å²) >= 11 is 12.1. The number of nitrogens with one attached hydrogen (secondary N) is 3. The molecule has 0 atom stereocenters. The number of aromatic amines is 1. The fraction of sp³-hybridized carbons (Fsp3) is 0.0909. The number of rotatable bonds is 6. The Morgan fingerprint density at radius 1 is 1.03 bits per heavy atom. The van der Waals surface area contributed by atoms with Gasteiger partial charge in [-0.15, -0.1) is 0 Å². The summed E-state index contributed by atoms with van der Waals surface area (Å²) in [5.41, 5.74) is 7.09. The maximum atomic E-state index is 12.2. The molecule has 0 saturated heterocycles. The van der Waals surface area contributed by atoms with Gasteiger partial charge in [-0.25, -0.2) is 4.98 Å². The van der Waals surface area contributed by atoms with Crippen molar-refractivity contribution in [2.75, 3.05) is 0 Å². The first kappa shape index (κ1) is 21.6. The average Bonchev–Trinajstić information content (AvgIpc) is 3.47. The van der Waals surface area contributed by atoms with E-state index in [1.54, 1.807) is 24.3 Å². The number of carbonyl (C=O) groups excluding carboxylic acids is 2. The van der Waals surface area contributed by atoms with E-state index in [0.717, 1.165) is 5.56 Å². The summed E-state index contributed by atoms with van der Waals surface area (Å²) in [6.45, 7) is 0. The zero-order valence-electron chi connectivity index (χ0n) is 16.6. The van der Waals surface area contributed by atoms with Gasteiger partial charge in [0.2, 0.25) is 5.91 Å². The highest BCUT2D eigenvalue weighted by Crippen LogP contribution is 2.30. The molecule has 0 saturated carbocycles. The number of oxazole rings is 1. The monoisotopic (exact) mass is 469 g/mol. The minimum absolute atomic E-state index is 0.0623. The number of amides is 2. The number of carbonyl (C=O) groups is 2. The molecule has 32 heavy (non-hydrogen) atoms. The van der Waals surface area contributed by atoms with Crippen molar-refractivity contribution in [3.63, 3.8) is 0 Å². The number of aryl methyl sites for hydroxylation is 1. The van der Waals surface area contributed by atoms with E-state index < -0.39 is 11.8 Å². The third kappa shape index (κ3) is 5.16. The predicted octanol–water partition coefficient (Wildman–Crippen LogP) is 4.43. The molecule has 0 bridgehead atoms. The van der Waals surface area contributed by atoms with Crippen molar-refractivity contribution >= 4 is 35.0 Å². The summed E-state index contributed by atoms with van der Waals surface area (Å²) in [6, 6.07) is 16.1. The van der Waals surface area contributed by atoms with Crippen LogP contribution in [0.5, 0.6) is 0 Å². The lowest BCUT2D eigenvalue weighted by molar-refractivity contribution is -0.121. The van der Waals surface area contributed by atoms with Crippen molar-refractivity contribution in [2.24, 2.45) is 0 Å². The maximum absolute atomic E-state index is 12.2. The van der Waals surface area contributed by atoms with E-state index in [-0.39, 0.29) is 18.5 Å². The van der Waals surface area contributed by atoms with Gasteiger partial charge in [0.05, 0.1) is 16.9 Å². The molecular formula is C22H17Cl2N5O3. The van der Waals surface area contributed by atoms with Crippen molar-refractivity contribution in [1.82, 2.24) is 26.0 Å². The molecule has 8 nitrogen and oxygen atoms in total. The Morgan fingerprint density at radius 2 is 1.84 bits per heavy atom. The Morgan fingerprint density at radius 3 is 2.62 bits per heavy atom. The zero-order chi connectivity index (χ0) is 22.5. The Labute approximate surface area is 192 Å². The number of hydrazine groups is 1. The molecule has 0 unspecified atom stereocenters. The summed E-state index contributed by atoms with van der Waals surface area (Å²) in [5.74, 6) is -0.0633. The Hall–Kier alpha value is -3.62. The largest absolute Gasteiger partial charge is 0.441 e. The smallest absolute Gasteiger partial charge is 0.287 e. The van der Waals surface area contributed by atoms with Crippen molar-refractivity contribution in [3.8, 4) is 22.6 Å². The van der Waals surface area contributed by atoms with Crippen LogP contribution >= 0.6 is 23.2 Å². The summed E-state index contributed by atoms with van der Waals surface area (Å²) in [6.07, 6.45) is 1.84. The van der Waals surface area contributed by atoms with Crippen LogP contribution in [-0.2, 0) is 11.2 Å². The van der Waals surface area contributed by atoms with Crippen molar-refractivity contribution in [2.45, 2.75) is 12.8 Å². The van der Waals surface area contributed by atoms with Crippen LogP contribution in [0.1, 0.15) is 22.8 Å². The summed E-state index contributed by atoms with van der Waals surface area (Å²) in [4.78, 5) is 28.5. The number of aromatic nitrogens is 3. The van der Waals surface area contributed by atoms with E-state index in [9.17, 15) is 9.59 Å². The number of halogens is 2. The standard InChI is InChI=1S/C22H17Cl2N5O3/c23-14-6-7-15(16(24)10-14)19-12-25-21(32-19)9-8-20(30)28-29-22(31)18-11-17(26-27-18)13-4-2-1-3-5-13/h1-7,10-12H,8-9H2,(H,26,27)(H,28,30)(H,29,31). The highest BCUT2D eigenvalue weighted by molar-refractivity contribution is 6.36. The third-order valence-electron chi connectivity index (χ3n) is 4.52. The molecule has 0 aliphatic heterocycles. The Bertz CT molecular complexity index is 1250. The Kier molecular flexibility index (Phi) is 6.53. The van der Waals surface area contributed by atoms with Gasteiger partial charge in [-0.1, -0.05) is 53.5 Å². The molecule has 0 radical (unpaired) electrons. The van der Waals surface area contributed by atoms with Crippen LogP contribution in [0.4, 0.5) is 0 Å². The first-order chi connectivity index (χ1) is 15.5. The lowest BCUT2D eigenvalue weighted by Gasteiger charge is -2.05. The zero-order valence-corrected chi connectivity index (χ0v) is 18.1. The van der Waals surface area contributed by atoms with E-state index in [1.165, 1.54) is 6.20 Å². The maximum Gasteiger partial charge on any atom is 0.287 e. The van der Waals surface area contributed by atoms with Crippen LogP contribution in [0, 0.1) is 0 Å². The van der Waals surface area contributed by atoms with Crippen LogP contribution in [0.2, 0.25) is 10.0 Å². The van der Waals surface area contributed by atoms with E-state index >= 15 is 0 Å². The van der Waals surface area contributed by atoms with Crippen LogP contribution in [0.25, 0.3) is 22.6 Å². The molecule has 4 rings (SSSR count). The summed E-state index contributed by atoms with van der Waals surface area (Å²) < 4.78 is 5.66. The van der Waals surface area contributed by atoms with E-state index in [0.29, 0.717) is 33.0 Å². The molecule has 0 aliphatic carbocycles. The topological polar surface area (TPSA) is 113 Å². The molecule has 4 aromatic rings. The minimum Gasteiger partial charge on any atom is -0.441 e. The van der Waals surface area contributed by atoms with Crippen LogP contribution in [-0.4, -0.2) is 27.0 Å². The van der Waals surface area contributed by atoms with Crippen LogP contribution in [0.3, 0.4) is 0 Å². The second-order valence-corrected chi connectivity index (χ2v) is 7.62. The van der Waals surface area contributed by atoms with Gasteiger partial charge in [-0.05, 0) is 24.3 Å². The van der Waals surface area contributed by atoms with Gasteiger partial charge in [0.25, 0.3) is 5.91 Å². The highest BCUT2D eigenvalue weighted by Gasteiger charge is 2.14. The van der Waals surface area contributed by atoms with E-state index in [2.05, 4.69) is 26.0 Å². The SMILES string of the molecule is O=C(CCc1ncc(-c2ccc(Cl)cc2Cl)o1)NNC(=O)c1cc(-c2ccccc2)n[nH]1. The van der Waals surface area contributed by atoms with Crippen LogP contribution in [0.15, 0.2) is 65.2 Å². The van der Waals surface area contributed by atoms with Gasteiger partial charge < -0.3 is 4.42 Å². The molecule has 3 N–H and O–H groups in total. The van der Waals surface area contributed by atoms with E-state index in [4.69, 9.17) is 27.6 Å². The number of H-pyrrole nitrogens is 1.